The van der Waals surface area contributed by atoms with E-state index in [1.807, 2.05) is 44.2 Å². The first-order chi connectivity index (χ1) is 10.0. The van der Waals surface area contributed by atoms with Crippen molar-refractivity contribution in [2.75, 3.05) is 0 Å². The molecule has 0 fully saturated rings. The fourth-order valence-electron chi connectivity index (χ4n) is 2.30. The van der Waals surface area contributed by atoms with Crippen molar-refractivity contribution >= 4 is 0 Å². The third kappa shape index (κ3) is 3.60. The number of aryl methyl sites for hydroxylation is 1. The molecule has 0 aliphatic rings. The monoisotopic (exact) mass is 288 g/mol. The second-order valence-electron chi connectivity index (χ2n) is 5.32. The highest BCUT2D eigenvalue weighted by molar-refractivity contribution is 5.38. The lowest BCUT2D eigenvalue weighted by molar-refractivity contribution is 0.242. The summed E-state index contributed by atoms with van der Waals surface area (Å²) in [6, 6.07) is 12.4. The van der Waals surface area contributed by atoms with Crippen LogP contribution in [-0.4, -0.2) is 6.10 Å². The van der Waals surface area contributed by atoms with Crippen LogP contribution in [0.25, 0.3) is 0 Å². The van der Waals surface area contributed by atoms with Crippen LogP contribution in [-0.2, 0) is 0 Å². The van der Waals surface area contributed by atoms with Gasteiger partial charge in [0.25, 0.3) is 0 Å². The molecule has 2 aromatic rings. The molecule has 0 spiro atoms. The van der Waals surface area contributed by atoms with E-state index in [2.05, 4.69) is 5.43 Å². The Labute approximate surface area is 124 Å². The molecule has 21 heavy (non-hydrogen) atoms. The summed E-state index contributed by atoms with van der Waals surface area (Å²) >= 11 is 0. The average molecular weight is 288 g/mol. The van der Waals surface area contributed by atoms with Crippen LogP contribution in [0.5, 0.6) is 5.75 Å². The van der Waals surface area contributed by atoms with Gasteiger partial charge >= 0.3 is 0 Å². The summed E-state index contributed by atoms with van der Waals surface area (Å²) in [6.07, 6.45) is 0.0836. The van der Waals surface area contributed by atoms with E-state index >= 15 is 0 Å². The van der Waals surface area contributed by atoms with Gasteiger partial charge in [-0.05, 0) is 44.0 Å². The third-order valence-corrected chi connectivity index (χ3v) is 3.26. The minimum absolute atomic E-state index is 0.0836. The van der Waals surface area contributed by atoms with Gasteiger partial charge in [-0.25, -0.2) is 9.82 Å². The number of nitrogens with two attached hydrogens (primary N) is 1. The fourth-order valence-corrected chi connectivity index (χ4v) is 2.30. The first-order valence-corrected chi connectivity index (χ1v) is 7.00. The van der Waals surface area contributed by atoms with Crippen LogP contribution < -0.4 is 16.0 Å². The van der Waals surface area contributed by atoms with E-state index in [1.54, 1.807) is 19.1 Å². The van der Waals surface area contributed by atoms with Gasteiger partial charge in [-0.3, -0.25) is 5.84 Å². The Bertz CT molecular complexity index is 613. The molecule has 0 heterocycles. The maximum Gasteiger partial charge on any atom is 0.131 e. The summed E-state index contributed by atoms with van der Waals surface area (Å²) in [5.41, 5.74) is 4.68. The maximum absolute atomic E-state index is 14.3. The minimum atomic E-state index is -0.416. The molecule has 1 unspecified atom stereocenters. The van der Waals surface area contributed by atoms with Crippen LogP contribution in [0.3, 0.4) is 0 Å². The maximum atomic E-state index is 14.3. The van der Waals surface area contributed by atoms with Gasteiger partial charge in [0.05, 0.1) is 12.1 Å². The zero-order valence-corrected chi connectivity index (χ0v) is 12.6. The normalized spacial score (nSPS) is 12.5. The van der Waals surface area contributed by atoms with Crippen molar-refractivity contribution in [2.45, 2.75) is 32.9 Å². The summed E-state index contributed by atoms with van der Waals surface area (Å²) in [5, 5.41) is 0. The Hall–Kier alpha value is -1.91. The summed E-state index contributed by atoms with van der Waals surface area (Å²) in [6.45, 7) is 5.67. The molecule has 0 saturated carbocycles. The third-order valence-electron chi connectivity index (χ3n) is 3.26. The van der Waals surface area contributed by atoms with Crippen molar-refractivity contribution in [3.05, 3.63) is 65.0 Å². The number of nitrogens with one attached hydrogen (secondary N) is 1. The van der Waals surface area contributed by atoms with Gasteiger partial charge in [-0.1, -0.05) is 30.3 Å². The molecule has 112 valence electrons. The average Bonchev–Trinajstić information content (AvgIpc) is 2.44. The first kappa shape index (κ1) is 15.5. The SMILES string of the molecule is Cc1cccc(C(NN)c2cccc(OC(C)C)c2)c1F. The number of rotatable bonds is 5. The van der Waals surface area contributed by atoms with Crippen LogP contribution in [0.15, 0.2) is 42.5 Å². The highest BCUT2D eigenvalue weighted by Crippen LogP contribution is 2.27. The minimum Gasteiger partial charge on any atom is -0.491 e. The Morgan fingerprint density at radius 3 is 2.52 bits per heavy atom. The van der Waals surface area contributed by atoms with E-state index in [0.29, 0.717) is 11.1 Å². The van der Waals surface area contributed by atoms with E-state index in [0.717, 1.165) is 11.3 Å². The Morgan fingerprint density at radius 1 is 1.14 bits per heavy atom. The highest BCUT2D eigenvalue weighted by atomic mass is 19.1. The van der Waals surface area contributed by atoms with Gasteiger partial charge in [0.2, 0.25) is 0 Å². The molecular formula is C17H21FN2O. The number of hydrogen-bond acceptors (Lipinski definition) is 3. The molecule has 0 bridgehead atoms. The van der Waals surface area contributed by atoms with Crippen molar-refractivity contribution < 1.29 is 9.13 Å². The van der Waals surface area contributed by atoms with Gasteiger partial charge in [0.1, 0.15) is 11.6 Å². The van der Waals surface area contributed by atoms with Gasteiger partial charge in [-0.2, -0.15) is 0 Å². The number of benzene rings is 2. The summed E-state index contributed by atoms with van der Waals surface area (Å²) in [7, 11) is 0. The predicted octanol–water partition coefficient (Wildman–Crippen LogP) is 3.47. The molecule has 0 saturated heterocycles. The van der Waals surface area contributed by atoms with Crippen LogP contribution >= 0.6 is 0 Å². The van der Waals surface area contributed by atoms with Crippen LogP contribution in [0.2, 0.25) is 0 Å². The molecule has 0 aliphatic heterocycles. The van der Waals surface area contributed by atoms with Gasteiger partial charge in [0, 0.05) is 5.56 Å². The Balaban J connectivity index is 2.39. The lowest BCUT2D eigenvalue weighted by Gasteiger charge is -2.19. The molecule has 0 aromatic heterocycles. The van der Waals surface area contributed by atoms with E-state index in [1.165, 1.54) is 0 Å². The van der Waals surface area contributed by atoms with Gasteiger partial charge in [-0.15, -0.1) is 0 Å². The predicted molar refractivity (Wildman–Crippen MR) is 82.5 cm³/mol. The van der Waals surface area contributed by atoms with Crippen molar-refractivity contribution in [1.29, 1.82) is 0 Å². The van der Waals surface area contributed by atoms with E-state index < -0.39 is 6.04 Å². The molecule has 3 N–H and O–H groups in total. The zero-order valence-electron chi connectivity index (χ0n) is 12.6. The molecule has 2 rings (SSSR count). The molecule has 4 heteroatoms. The summed E-state index contributed by atoms with van der Waals surface area (Å²) < 4.78 is 20.0. The van der Waals surface area contributed by atoms with Gasteiger partial charge in [0.15, 0.2) is 0 Å². The number of hydrogen-bond donors (Lipinski definition) is 2. The molecular weight excluding hydrogens is 267 g/mol. The fraction of sp³-hybridized carbons (Fsp3) is 0.294. The smallest absolute Gasteiger partial charge is 0.131 e. The second kappa shape index (κ2) is 6.70. The quantitative estimate of drug-likeness (QED) is 0.654. The largest absolute Gasteiger partial charge is 0.491 e. The highest BCUT2D eigenvalue weighted by Gasteiger charge is 2.18. The lowest BCUT2D eigenvalue weighted by atomic mass is 9.97. The number of hydrazine groups is 1. The standard InChI is InChI=1S/C17H21FN2O/c1-11(2)21-14-8-5-7-13(10-14)17(20-19)15-9-4-6-12(3)16(15)18/h4-11,17,20H,19H2,1-3H3. The first-order valence-electron chi connectivity index (χ1n) is 7.00. The summed E-state index contributed by atoms with van der Waals surface area (Å²) in [4.78, 5) is 0. The zero-order chi connectivity index (χ0) is 15.4. The van der Waals surface area contributed by atoms with Crippen molar-refractivity contribution in [3.63, 3.8) is 0 Å². The van der Waals surface area contributed by atoms with E-state index in [9.17, 15) is 4.39 Å². The Kier molecular flexibility index (Phi) is 4.94. The number of halogens is 1. The molecule has 0 aliphatic carbocycles. The second-order valence-corrected chi connectivity index (χ2v) is 5.32. The van der Waals surface area contributed by atoms with Crippen molar-refractivity contribution in [2.24, 2.45) is 5.84 Å². The van der Waals surface area contributed by atoms with E-state index in [-0.39, 0.29) is 11.9 Å². The van der Waals surface area contributed by atoms with Crippen LogP contribution in [0, 0.1) is 12.7 Å². The van der Waals surface area contributed by atoms with Crippen LogP contribution in [0.4, 0.5) is 4.39 Å². The number of ether oxygens (including phenoxy) is 1. The topological polar surface area (TPSA) is 47.3 Å². The van der Waals surface area contributed by atoms with Crippen molar-refractivity contribution in [3.8, 4) is 5.75 Å². The summed E-state index contributed by atoms with van der Waals surface area (Å²) in [5.74, 6) is 6.16. The molecule has 1 atom stereocenters. The van der Waals surface area contributed by atoms with Crippen molar-refractivity contribution in [1.82, 2.24) is 5.43 Å². The van der Waals surface area contributed by atoms with E-state index in [4.69, 9.17) is 10.6 Å². The molecule has 2 aromatic carbocycles. The Morgan fingerprint density at radius 2 is 1.86 bits per heavy atom. The molecule has 0 radical (unpaired) electrons. The molecule has 0 amide bonds. The molecule has 3 nitrogen and oxygen atoms in total. The van der Waals surface area contributed by atoms with Crippen LogP contribution in [0.1, 0.15) is 36.6 Å². The van der Waals surface area contributed by atoms with Gasteiger partial charge < -0.3 is 4.74 Å². The lowest BCUT2D eigenvalue weighted by Crippen LogP contribution is -2.29.